The third kappa shape index (κ3) is 27.2. The molecule has 4 saturated heterocycles. The van der Waals surface area contributed by atoms with E-state index in [1.165, 1.54) is 0 Å². The lowest BCUT2D eigenvalue weighted by Gasteiger charge is -2.21. The molecule has 0 spiro atoms. The number of rotatable bonds is 13. The van der Waals surface area contributed by atoms with Gasteiger partial charge in [-0.3, -0.25) is 19.2 Å². The second-order valence-electron chi connectivity index (χ2n) is 16.8. The van der Waals surface area contributed by atoms with Crippen molar-refractivity contribution in [3.63, 3.8) is 0 Å². The van der Waals surface area contributed by atoms with Crippen LogP contribution >= 0.6 is 0 Å². The summed E-state index contributed by atoms with van der Waals surface area (Å²) >= 11 is 0. The molecular formula is C44H76O20. The molecule has 4 rings (SSSR count). The molecule has 4 fully saturated rings. The summed E-state index contributed by atoms with van der Waals surface area (Å²) in [5, 5.41) is 0. The molecule has 20 nitrogen and oxygen atoms in total. The van der Waals surface area contributed by atoms with Crippen LogP contribution in [0.25, 0.3) is 0 Å². The zero-order valence-corrected chi connectivity index (χ0v) is 40.6. The molecule has 0 amide bonds. The Morgan fingerprint density at radius 1 is 0.453 bits per heavy atom. The van der Waals surface area contributed by atoms with E-state index in [-0.39, 0.29) is 54.5 Å². The molecule has 4 heterocycles. The number of hydrogen-bond donors (Lipinski definition) is 0. The molecular weight excluding hydrogens is 848 g/mol. The summed E-state index contributed by atoms with van der Waals surface area (Å²) in [7, 11) is 0. The molecule has 64 heavy (non-hydrogen) atoms. The molecule has 4 aliphatic rings. The molecule has 2 atom stereocenters. The summed E-state index contributed by atoms with van der Waals surface area (Å²) in [5.41, 5.74) is -1.68. The number of cyclic esters (lactones) is 8. The Hall–Kier alpha value is -5.04. The first kappa shape index (κ1) is 61.0. The van der Waals surface area contributed by atoms with Crippen molar-refractivity contribution in [2.75, 3.05) is 59.5 Å². The van der Waals surface area contributed by atoms with E-state index in [1.54, 1.807) is 13.8 Å². The Bertz CT molecular complexity index is 1390. The number of carbonyl (C=O) groups excluding carboxylic acids is 8. The predicted octanol–water partition coefficient (Wildman–Crippen LogP) is 8.41. The fourth-order valence-corrected chi connectivity index (χ4v) is 3.66. The van der Waals surface area contributed by atoms with E-state index in [1.807, 2.05) is 83.1 Å². The van der Waals surface area contributed by atoms with E-state index < -0.39 is 47.8 Å². The first-order valence-electron chi connectivity index (χ1n) is 21.8. The molecule has 4 aliphatic heterocycles. The molecule has 0 radical (unpaired) electrons. The molecule has 0 bridgehead atoms. The van der Waals surface area contributed by atoms with E-state index >= 15 is 0 Å². The lowest BCUT2D eigenvalue weighted by Crippen LogP contribution is -2.31. The van der Waals surface area contributed by atoms with Gasteiger partial charge >= 0.3 is 48.5 Å². The number of ether oxygens (including phenoxy) is 12. The molecule has 0 aromatic carbocycles. The summed E-state index contributed by atoms with van der Waals surface area (Å²) < 4.78 is 55.9. The summed E-state index contributed by atoms with van der Waals surface area (Å²) in [6.07, 6.45) is 1.77. The lowest BCUT2D eigenvalue weighted by atomic mass is 9.91. The summed E-state index contributed by atoms with van der Waals surface area (Å²) in [4.78, 5) is 86.5. The van der Waals surface area contributed by atoms with Crippen LogP contribution in [0.5, 0.6) is 0 Å². The number of carbonyl (C=O) groups is 8. The second-order valence-corrected chi connectivity index (χ2v) is 16.8. The zero-order valence-electron chi connectivity index (χ0n) is 40.6. The molecule has 372 valence electrons. The van der Waals surface area contributed by atoms with Gasteiger partial charge in [-0.15, -0.1) is 0 Å². The van der Waals surface area contributed by atoms with E-state index in [9.17, 15) is 38.4 Å². The third-order valence-corrected chi connectivity index (χ3v) is 9.86. The van der Waals surface area contributed by atoms with Gasteiger partial charge in [0.15, 0.2) is 12.7 Å². The van der Waals surface area contributed by atoms with E-state index in [2.05, 4.69) is 33.2 Å². The Kier molecular flexibility index (Phi) is 30.3. The predicted molar refractivity (Wildman–Crippen MR) is 227 cm³/mol. The van der Waals surface area contributed by atoms with Crippen LogP contribution in [0, 0.1) is 21.7 Å². The minimum absolute atomic E-state index is 0.0234. The van der Waals surface area contributed by atoms with E-state index in [4.69, 9.17) is 23.7 Å². The van der Waals surface area contributed by atoms with Crippen LogP contribution < -0.4 is 0 Å². The van der Waals surface area contributed by atoms with Crippen LogP contribution in [0.2, 0.25) is 0 Å². The van der Waals surface area contributed by atoms with Crippen LogP contribution in [-0.2, 0) is 76.0 Å². The lowest BCUT2D eigenvalue weighted by molar-refractivity contribution is -0.173. The van der Waals surface area contributed by atoms with Gasteiger partial charge in [-0.2, -0.15) is 0 Å². The maximum absolute atomic E-state index is 11.5. The highest BCUT2D eigenvalue weighted by atomic mass is 16.8. The van der Waals surface area contributed by atoms with Crippen molar-refractivity contribution in [3.05, 3.63) is 0 Å². The average Bonchev–Trinajstić information content (AvgIpc) is 3.79. The summed E-state index contributed by atoms with van der Waals surface area (Å²) in [6.45, 7) is 29.3. The van der Waals surface area contributed by atoms with Gasteiger partial charge in [-0.25, -0.2) is 19.2 Å². The highest BCUT2D eigenvalue weighted by Crippen LogP contribution is 2.25. The first-order valence-corrected chi connectivity index (χ1v) is 21.8. The van der Waals surface area contributed by atoms with E-state index in [0.29, 0.717) is 52.5 Å². The Morgan fingerprint density at radius 2 is 0.797 bits per heavy atom. The van der Waals surface area contributed by atoms with Crippen molar-refractivity contribution in [2.24, 2.45) is 21.7 Å². The standard InChI is InChI=1S/C10H16O5.C9H14O5.2C8H16O2.C5H8O3.C4H6O3/c1-4-10(2,3)8(11)13-5-7-6-14-9(12)15-7;1-4-9(2,3)7(10)13-6-5-12-8(11)14-6;2*1-5-8(3,4)7(9)10-6-2;6-5-7-3-1-2-4-8-5;5-4-6-2-1-3-7-4/h7H,4-6H2,1-3H3;6H,4-5H2,1-3H3;2*5-6H2,1-4H3;1-4H2;1-3H2. The van der Waals surface area contributed by atoms with E-state index in [0.717, 1.165) is 32.1 Å². The van der Waals surface area contributed by atoms with Gasteiger partial charge in [0.25, 0.3) is 6.29 Å². The largest absolute Gasteiger partial charge is 0.511 e. The zero-order chi connectivity index (χ0) is 49.6. The van der Waals surface area contributed by atoms with Gasteiger partial charge in [0.05, 0.1) is 61.3 Å². The van der Waals surface area contributed by atoms with Crippen LogP contribution in [0.3, 0.4) is 0 Å². The Balaban J connectivity index is 0. The molecule has 20 heteroatoms. The van der Waals surface area contributed by atoms with Gasteiger partial charge < -0.3 is 56.8 Å². The normalized spacial score (nSPS) is 17.8. The van der Waals surface area contributed by atoms with Gasteiger partial charge in [0.1, 0.15) is 13.2 Å². The first-order chi connectivity index (χ1) is 29.8. The topological polar surface area (TPSA) is 247 Å². The average molecular weight is 925 g/mol. The molecule has 0 saturated carbocycles. The van der Waals surface area contributed by atoms with Gasteiger partial charge in [-0.1, -0.05) is 27.7 Å². The number of hydrogen-bond acceptors (Lipinski definition) is 20. The van der Waals surface area contributed by atoms with Gasteiger partial charge in [-0.05, 0) is 108 Å². The SMILES string of the molecule is CCC(C)(C)C(=O)OC1COC(=O)O1.CCC(C)(C)C(=O)OCC1COC(=O)O1.CCOC(=O)C(C)(C)CC.CCOC(=O)C(C)(C)CC.O=C1OCCCCO1.O=C1OCCCO1. The molecule has 0 aromatic heterocycles. The van der Waals surface area contributed by atoms with Crippen molar-refractivity contribution >= 4 is 48.5 Å². The highest BCUT2D eigenvalue weighted by molar-refractivity contribution is 5.77. The van der Waals surface area contributed by atoms with Crippen molar-refractivity contribution in [1.29, 1.82) is 0 Å². The maximum Gasteiger partial charge on any atom is 0.511 e. The quantitative estimate of drug-likeness (QED) is 0.124. The van der Waals surface area contributed by atoms with Crippen molar-refractivity contribution in [1.82, 2.24) is 0 Å². The summed E-state index contributed by atoms with van der Waals surface area (Å²) in [6, 6.07) is 0. The molecule has 0 aromatic rings. The maximum atomic E-state index is 11.5. The third-order valence-electron chi connectivity index (χ3n) is 9.86. The molecule has 2 unspecified atom stereocenters. The fourth-order valence-electron chi connectivity index (χ4n) is 3.66. The van der Waals surface area contributed by atoms with Gasteiger partial charge in [0.2, 0.25) is 0 Å². The minimum Gasteiger partial charge on any atom is -0.466 e. The molecule has 0 aliphatic carbocycles. The molecule has 0 N–H and O–H groups in total. The summed E-state index contributed by atoms with van der Waals surface area (Å²) in [5.74, 6) is -0.869. The fraction of sp³-hybridized carbons (Fsp3) is 0.818. The Labute approximate surface area is 378 Å². The van der Waals surface area contributed by atoms with Crippen LogP contribution in [0.1, 0.15) is 142 Å². The van der Waals surface area contributed by atoms with Crippen molar-refractivity contribution in [3.8, 4) is 0 Å². The highest BCUT2D eigenvalue weighted by Gasteiger charge is 2.35. The van der Waals surface area contributed by atoms with Crippen molar-refractivity contribution in [2.45, 2.75) is 154 Å². The number of esters is 4. The van der Waals surface area contributed by atoms with Crippen LogP contribution in [0.15, 0.2) is 0 Å². The monoisotopic (exact) mass is 924 g/mol. The second kappa shape index (κ2) is 31.7. The van der Waals surface area contributed by atoms with Crippen LogP contribution in [-0.4, -0.2) is 120 Å². The minimum atomic E-state index is -0.888. The smallest absolute Gasteiger partial charge is 0.466 e. The van der Waals surface area contributed by atoms with Crippen LogP contribution in [0.4, 0.5) is 19.2 Å². The Morgan fingerprint density at radius 3 is 1.11 bits per heavy atom. The van der Waals surface area contributed by atoms with Gasteiger partial charge in [0, 0.05) is 6.42 Å². The van der Waals surface area contributed by atoms with Crippen molar-refractivity contribution < 1.29 is 95.2 Å².